The Morgan fingerprint density at radius 1 is 1.12 bits per heavy atom. The second kappa shape index (κ2) is 10.0. The number of hydrogen-bond acceptors (Lipinski definition) is 5. The predicted molar refractivity (Wildman–Crippen MR) is 133 cm³/mol. The van der Waals surface area contributed by atoms with Crippen molar-refractivity contribution >= 4 is 23.2 Å². The van der Waals surface area contributed by atoms with Gasteiger partial charge in [0.2, 0.25) is 0 Å². The highest BCUT2D eigenvalue weighted by atomic mass is 35.5. The molecular weight excluding hydrogens is 448 g/mol. The highest BCUT2D eigenvalue weighted by Crippen LogP contribution is 2.31. The van der Waals surface area contributed by atoms with Crippen LogP contribution in [-0.4, -0.2) is 42.8 Å². The molecule has 2 aromatic rings. The third-order valence-corrected chi connectivity index (χ3v) is 7.29. The Morgan fingerprint density at radius 2 is 1.74 bits per heavy atom. The molecule has 34 heavy (non-hydrogen) atoms. The minimum atomic E-state index is -0.0473. The number of nitrogens with one attached hydrogen (secondary N) is 1. The summed E-state index contributed by atoms with van der Waals surface area (Å²) in [4.78, 5) is 15.1. The molecule has 0 aromatic heterocycles. The molecule has 2 aliphatic heterocycles. The van der Waals surface area contributed by atoms with E-state index < -0.39 is 0 Å². The van der Waals surface area contributed by atoms with E-state index in [4.69, 9.17) is 32.7 Å². The van der Waals surface area contributed by atoms with Gasteiger partial charge in [-0.2, -0.15) is 5.26 Å². The zero-order valence-electron chi connectivity index (χ0n) is 19.5. The Morgan fingerprint density at radius 3 is 2.35 bits per heavy atom. The van der Waals surface area contributed by atoms with Crippen LogP contribution in [0.25, 0.3) is 0 Å². The maximum atomic E-state index is 13.3. The molecule has 2 fully saturated rings. The van der Waals surface area contributed by atoms with Crippen LogP contribution in [0.3, 0.4) is 0 Å². The van der Waals surface area contributed by atoms with Crippen LogP contribution in [0.2, 0.25) is 0 Å². The van der Waals surface area contributed by atoms with Crippen LogP contribution in [0.1, 0.15) is 56.9 Å². The van der Waals surface area contributed by atoms with Crippen LogP contribution in [0.4, 0.5) is 0 Å². The van der Waals surface area contributed by atoms with Crippen molar-refractivity contribution in [3.8, 4) is 6.07 Å². The lowest BCUT2D eigenvalue weighted by molar-refractivity contribution is 0.0601. The van der Waals surface area contributed by atoms with Gasteiger partial charge in [-0.3, -0.25) is 10.2 Å². The summed E-state index contributed by atoms with van der Waals surface area (Å²) in [6.07, 6.45) is 1.59. The number of carbonyl (C=O) groups excluding carboxylic acids is 1. The van der Waals surface area contributed by atoms with Gasteiger partial charge in [0.05, 0.1) is 22.4 Å². The number of allylic oxidation sites excluding steroid dienone is 2. The van der Waals surface area contributed by atoms with Gasteiger partial charge in [0.25, 0.3) is 5.91 Å². The van der Waals surface area contributed by atoms with Crippen LogP contribution in [0.5, 0.6) is 0 Å². The fraction of sp³-hybridized carbons (Fsp3) is 0.370. The second-order valence-electron chi connectivity index (χ2n) is 9.15. The van der Waals surface area contributed by atoms with Crippen molar-refractivity contribution in [2.24, 2.45) is 11.7 Å². The summed E-state index contributed by atoms with van der Waals surface area (Å²) in [6.45, 7) is 6.38. The third-order valence-electron chi connectivity index (χ3n) is 6.89. The zero-order chi connectivity index (χ0) is 24.4. The number of halogens is 1. The number of amides is 1. The first kappa shape index (κ1) is 24.0. The quantitative estimate of drug-likeness (QED) is 0.614. The predicted octanol–water partition coefficient (Wildman–Crippen LogP) is 4.62. The first-order chi connectivity index (χ1) is 16.3. The third kappa shape index (κ3) is 4.72. The van der Waals surface area contributed by atoms with Gasteiger partial charge in [-0.25, -0.2) is 0 Å². The Kier molecular flexibility index (Phi) is 7.06. The van der Waals surface area contributed by atoms with Crippen molar-refractivity contribution in [3.05, 3.63) is 80.5 Å². The van der Waals surface area contributed by atoms with E-state index in [1.165, 1.54) is 0 Å². The first-order valence-electron chi connectivity index (χ1n) is 11.5. The van der Waals surface area contributed by atoms with E-state index in [1.54, 1.807) is 6.07 Å². The molecule has 0 bridgehead atoms. The average Bonchev–Trinajstić information content (AvgIpc) is 2.82. The molecule has 2 saturated heterocycles. The maximum absolute atomic E-state index is 13.3. The zero-order valence-corrected chi connectivity index (χ0v) is 20.3. The Balaban J connectivity index is 1.51. The molecule has 3 N–H and O–H groups in total. The monoisotopic (exact) mass is 476 g/mol. The van der Waals surface area contributed by atoms with Gasteiger partial charge in [-0.05, 0) is 61.6 Å². The van der Waals surface area contributed by atoms with Gasteiger partial charge < -0.3 is 15.4 Å². The van der Waals surface area contributed by atoms with E-state index in [9.17, 15) is 4.79 Å². The van der Waals surface area contributed by atoms with E-state index >= 15 is 0 Å². The van der Waals surface area contributed by atoms with Crippen molar-refractivity contribution in [2.45, 2.75) is 32.6 Å². The molecule has 4 rings (SSSR count). The van der Waals surface area contributed by atoms with E-state index in [0.717, 1.165) is 29.5 Å². The van der Waals surface area contributed by atoms with Crippen molar-refractivity contribution in [2.75, 3.05) is 26.3 Å². The highest BCUT2D eigenvalue weighted by molar-refractivity contribution is 6.46. The van der Waals surface area contributed by atoms with Crippen molar-refractivity contribution in [1.82, 2.24) is 4.90 Å². The average molecular weight is 477 g/mol. The number of likely N-dealkylation sites (tertiary alicyclic amines) is 1. The molecule has 7 heteroatoms. The molecule has 6 nitrogen and oxygen atoms in total. The van der Waals surface area contributed by atoms with Gasteiger partial charge in [0, 0.05) is 55.0 Å². The molecule has 2 aliphatic rings. The summed E-state index contributed by atoms with van der Waals surface area (Å²) in [5.41, 5.74) is 11.7. The lowest BCUT2D eigenvalue weighted by Crippen LogP contribution is -2.48. The summed E-state index contributed by atoms with van der Waals surface area (Å²) >= 11 is 6.58. The summed E-state index contributed by atoms with van der Waals surface area (Å²) in [6, 6.07) is 13.4. The number of ether oxygens (including phenoxy) is 1. The normalized spacial score (nSPS) is 17.5. The second-order valence-corrected chi connectivity index (χ2v) is 9.53. The maximum Gasteiger partial charge on any atom is 0.254 e. The molecule has 1 amide bonds. The van der Waals surface area contributed by atoms with E-state index in [2.05, 4.69) is 6.07 Å². The van der Waals surface area contributed by atoms with Crippen LogP contribution < -0.4 is 5.73 Å². The summed E-state index contributed by atoms with van der Waals surface area (Å²) in [5, 5.41) is 18.0. The number of hydrogen-bond donors (Lipinski definition) is 2. The van der Waals surface area contributed by atoms with Gasteiger partial charge >= 0.3 is 0 Å². The smallest absolute Gasteiger partial charge is 0.254 e. The van der Waals surface area contributed by atoms with Crippen LogP contribution in [0.15, 0.2) is 47.1 Å². The largest absolute Gasteiger partial charge is 0.401 e. The minimum absolute atomic E-state index is 0.0473. The highest BCUT2D eigenvalue weighted by Gasteiger charge is 2.33. The molecule has 0 saturated carbocycles. The number of nitrogens with zero attached hydrogens (tertiary/aromatic N) is 2. The number of aryl methyl sites for hydroxylation is 2. The lowest BCUT2D eigenvalue weighted by Gasteiger charge is -2.40. The van der Waals surface area contributed by atoms with E-state index in [-0.39, 0.29) is 28.5 Å². The Bertz CT molecular complexity index is 1180. The van der Waals surface area contributed by atoms with Gasteiger partial charge in [0.1, 0.15) is 0 Å². The molecular formula is C27H29ClN4O2. The molecule has 176 valence electrons. The standard InChI is InChI=1S/C27H29ClN4O2/c1-16-11-17(2)23(12-22(16)26(31)24(28)25(30)20-7-9-34-10-8-20)27(33)32-14-21(15-32)19-5-3-18(13-29)4-6-19/h3-6,11-12,20-21,31H,7-10,14-15,30H2,1-2H3. The van der Waals surface area contributed by atoms with E-state index in [1.807, 2.05) is 49.1 Å². The molecule has 0 aliphatic carbocycles. The minimum Gasteiger partial charge on any atom is -0.401 e. The number of nitriles is 1. The summed E-state index contributed by atoms with van der Waals surface area (Å²) in [7, 11) is 0. The van der Waals surface area contributed by atoms with Gasteiger partial charge in [-0.15, -0.1) is 0 Å². The molecule has 0 atom stereocenters. The molecule has 0 radical (unpaired) electrons. The number of benzene rings is 2. The fourth-order valence-electron chi connectivity index (χ4n) is 4.66. The molecule has 2 aromatic carbocycles. The number of carbonyl (C=O) groups is 1. The topological polar surface area (TPSA) is 103 Å². The van der Waals surface area contributed by atoms with Gasteiger partial charge in [-0.1, -0.05) is 29.8 Å². The molecule has 0 unspecified atom stereocenters. The van der Waals surface area contributed by atoms with Gasteiger partial charge in [0.15, 0.2) is 0 Å². The summed E-state index contributed by atoms with van der Waals surface area (Å²) in [5.74, 6) is 0.319. The number of rotatable bonds is 5. The van der Waals surface area contributed by atoms with Crippen LogP contribution in [-0.2, 0) is 4.74 Å². The Labute approximate surface area is 205 Å². The number of nitrogens with two attached hydrogens (primary N) is 1. The summed E-state index contributed by atoms with van der Waals surface area (Å²) < 4.78 is 5.40. The van der Waals surface area contributed by atoms with E-state index in [0.29, 0.717) is 48.7 Å². The van der Waals surface area contributed by atoms with Crippen LogP contribution in [0, 0.1) is 36.5 Å². The van der Waals surface area contributed by atoms with Crippen LogP contribution >= 0.6 is 11.6 Å². The SMILES string of the molecule is Cc1cc(C)c(C(=O)N2CC(c3ccc(C#N)cc3)C2)cc1C(=N)C(Cl)=C(N)C1CCOCC1. The lowest BCUT2D eigenvalue weighted by atomic mass is 9.89. The Hall–Kier alpha value is -3.14. The van der Waals surface area contributed by atoms with Crippen molar-refractivity contribution in [3.63, 3.8) is 0 Å². The molecule has 2 heterocycles. The molecule has 0 spiro atoms. The fourth-order valence-corrected chi connectivity index (χ4v) is 4.91. The van der Waals surface area contributed by atoms with Crippen molar-refractivity contribution < 1.29 is 9.53 Å². The van der Waals surface area contributed by atoms with Crippen molar-refractivity contribution in [1.29, 1.82) is 10.7 Å². The first-order valence-corrected chi connectivity index (χ1v) is 11.9.